The van der Waals surface area contributed by atoms with Crippen LogP contribution < -0.4 is 10.1 Å². The molecule has 0 amide bonds. The predicted octanol–water partition coefficient (Wildman–Crippen LogP) is 3.86. The van der Waals surface area contributed by atoms with Crippen LogP contribution >= 0.6 is 31.9 Å². The van der Waals surface area contributed by atoms with E-state index in [1.54, 1.807) is 0 Å². The summed E-state index contributed by atoms with van der Waals surface area (Å²) in [5.41, 5.74) is 1.14. The van der Waals surface area contributed by atoms with Gasteiger partial charge in [0, 0.05) is 12.6 Å². The Morgan fingerprint density at radius 2 is 1.84 bits per heavy atom. The maximum atomic E-state index is 9.16. The molecule has 5 heteroatoms. The smallest absolute Gasteiger partial charge is 0.148 e. The van der Waals surface area contributed by atoms with Crippen molar-refractivity contribution in [1.82, 2.24) is 5.32 Å². The van der Waals surface area contributed by atoms with Gasteiger partial charge in [-0.15, -0.1) is 0 Å². The Balaban J connectivity index is 2.77. The summed E-state index contributed by atoms with van der Waals surface area (Å²) >= 11 is 7.07. The summed E-state index contributed by atoms with van der Waals surface area (Å²) in [6.45, 7) is 6.94. The largest absolute Gasteiger partial charge is 0.489 e. The first-order valence-corrected chi connectivity index (χ1v) is 8.05. The molecule has 108 valence electrons. The molecule has 19 heavy (non-hydrogen) atoms. The molecule has 1 aromatic rings. The Hall–Kier alpha value is -0.100. The Bertz CT molecular complexity index is 383. The molecule has 1 aromatic carbocycles. The highest BCUT2D eigenvalue weighted by Gasteiger charge is 2.11. The van der Waals surface area contributed by atoms with Crippen LogP contribution in [-0.2, 0) is 6.54 Å². The van der Waals surface area contributed by atoms with E-state index < -0.39 is 0 Å². The van der Waals surface area contributed by atoms with Gasteiger partial charge in [0.1, 0.15) is 5.75 Å². The molecule has 0 saturated heterocycles. The van der Waals surface area contributed by atoms with Gasteiger partial charge >= 0.3 is 0 Å². The number of ether oxygens (including phenoxy) is 1. The first-order valence-electron chi connectivity index (χ1n) is 6.46. The number of nitrogens with one attached hydrogen (secondary N) is 1. The highest BCUT2D eigenvalue weighted by Crippen LogP contribution is 2.35. The second-order valence-electron chi connectivity index (χ2n) is 4.72. The van der Waals surface area contributed by atoms with Crippen molar-refractivity contribution in [2.75, 3.05) is 6.61 Å². The first kappa shape index (κ1) is 17.0. The molecular weight excluding hydrogens is 374 g/mol. The van der Waals surface area contributed by atoms with Crippen LogP contribution in [0.1, 0.15) is 32.8 Å². The van der Waals surface area contributed by atoms with E-state index in [0.29, 0.717) is 0 Å². The molecule has 0 spiro atoms. The van der Waals surface area contributed by atoms with E-state index >= 15 is 0 Å². The fourth-order valence-corrected chi connectivity index (χ4v) is 3.13. The van der Waals surface area contributed by atoms with Crippen LogP contribution in [-0.4, -0.2) is 23.9 Å². The van der Waals surface area contributed by atoms with Gasteiger partial charge in [-0.3, -0.25) is 0 Å². The monoisotopic (exact) mass is 393 g/mol. The number of hydrogen-bond donors (Lipinski definition) is 2. The van der Waals surface area contributed by atoms with Gasteiger partial charge in [0.15, 0.2) is 0 Å². The maximum Gasteiger partial charge on any atom is 0.148 e. The minimum atomic E-state index is 0.135. The van der Waals surface area contributed by atoms with Gasteiger partial charge in [-0.1, -0.05) is 6.92 Å². The molecule has 1 rings (SSSR count). The molecule has 0 aromatic heterocycles. The zero-order valence-electron chi connectivity index (χ0n) is 11.5. The minimum Gasteiger partial charge on any atom is -0.489 e. The van der Waals surface area contributed by atoms with E-state index in [-0.39, 0.29) is 18.8 Å². The lowest BCUT2D eigenvalue weighted by molar-refractivity contribution is 0.237. The summed E-state index contributed by atoms with van der Waals surface area (Å²) in [5, 5.41) is 12.5. The Kier molecular flexibility index (Phi) is 7.36. The third kappa shape index (κ3) is 5.42. The van der Waals surface area contributed by atoms with Gasteiger partial charge in [0.05, 0.1) is 21.7 Å². The van der Waals surface area contributed by atoms with Gasteiger partial charge in [-0.05, 0) is 69.8 Å². The molecule has 0 saturated carbocycles. The van der Waals surface area contributed by atoms with Crippen molar-refractivity contribution in [3.05, 3.63) is 26.6 Å². The number of halogens is 2. The molecule has 0 aliphatic rings. The highest BCUT2D eigenvalue weighted by molar-refractivity contribution is 9.11. The van der Waals surface area contributed by atoms with Gasteiger partial charge in [-0.2, -0.15) is 0 Å². The average Bonchev–Trinajstić information content (AvgIpc) is 2.35. The molecule has 0 heterocycles. The molecule has 0 aliphatic heterocycles. The molecule has 0 bridgehead atoms. The van der Waals surface area contributed by atoms with Crippen LogP contribution in [0.5, 0.6) is 5.75 Å². The van der Waals surface area contributed by atoms with Crippen LogP contribution in [0.15, 0.2) is 21.1 Å². The molecule has 0 unspecified atom stereocenters. The third-order valence-electron chi connectivity index (χ3n) is 2.72. The van der Waals surface area contributed by atoms with Crippen molar-refractivity contribution in [2.45, 2.75) is 45.9 Å². The number of benzene rings is 1. The number of aliphatic hydroxyl groups is 1. The summed E-state index contributed by atoms with van der Waals surface area (Å²) < 4.78 is 7.61. The maximum absolute atomic E-state index is 9.16. The van der Waals surface area contributed by atoms with Gasteiger partial charge < -0.3 is 15.2 Å². The zero-order valence-corrected chi connectivity index (χ0v) is 14.7. The lowest BCUT2D eigenvalue weighted by Gasteiger charge is -2.17. The van der Waals surface area contributed by atoms with E-state index in [1.807, 2.05) is 26.0 Å². The van der Waals surface area contributed by atoms with Crippen molar-refractivity contribution < 1.29 is 9.84 Å². The molecule has 0 fully saturated rings. The number of hydrogen-bond acceptors (Lipinski definition) is 3. The fourth-order valence-electron chi connectivity index (χ4n) is 1.66. The van der Waals surface area contributed by atoms with E-state index in [1.165, 1.54) is 0 Å². The standard InChI is InChI=1S/C14H21Br2NO2/c1-4-11(8-18)17-7-10-5-12(15)14(13(16)6-10)19-9(2)3/h5-6,9,11,17-18H,4,7-8H2,1-3H3/t11-/m0/s1. The molecule has 1 atom stereocenters. The van der Waals surface area contributed by atoms with Crippen LogP contribution in [0.25, 0.3) is 0 Å². The SMILES string of the molecule is CC[C@@H](CO)NCc1cc(Br)c(OC(C)C)c(Br)c1. The lowest BCUT2D eigenvalue weighted by Crippen LogP contribution is -2.31. The quantitative estimate of drug-likeness (QED) is 0.737. The fraction of sp³-hybridized carbons (Fsp3) is 0.571. The summed E-state index contributed by atoms with van der Waals surface area (Å²) in [6, 6.07) is 4.23. The Labute approximate surface area is 132 Å². The van der Waals surface area contributed by atoms with E-state index in [9.17, 15) is 0 Å². The van der Waals surface area contributed by atoms with Gasteiger partial charge in [0.2, 0.25) is 0 Å². The lowest BCUT2D eigenvalue weighted by atomic mass is 10.2. The van der Waals surface area contributed by atoms with Crippen LogP contribution in [0.4, 0.5) is 0 Å². The molecule has 0 radical (unpaired) electrons. The van der Waals surface area contributed by atoms with Gasteiger partial charge in [-0.25, -0.2) is 0 Å². The van der Waals surface area contributed by atoms with E-state index in [2.05, 4.69) is 44.1 Å². The highest BCUT2D eigenvalue weighted by atomic mass is 79.9. The minimum absolute atomic E-state index is 0.135. The van der Waals surface area contributed by atoms with E-state index in [4.69, 9.17) is 9.84 Å². The van der Waals surface area contributed by atoms with Crippen LogP contribution in [0.2, 0.25) is 0 Å². The van der Waals surface area contributed by atoms with Crippen LogP contribution in [0, 0.1) is 0 Å². The summed E-state index contributed by atoms with van der Waals surface area (Å²) in [4.78, 5) is 0. The topological polar surface area (TPSA) is 41.5 Å². The summed E-state index contributed by atoms with van der Waals surface area (Å²) in [6.07, 6.45) is 1.04. The molecule has 3 nitrogen and oxygen atoms in total. The Morgan fingerprint density at radius 3 is 2.26 bits per heavy atom. The zero-order chi connectivity index (χ0) is 14.4. The number of aliphatic hydroxyl groups excluding tert-OH is 1. The average molecular weight is 395 g/mol. The number of rotatable bonds is 7. The van der Waals surface area contributed by atoms with E-state index in [0.717, 1.165) is 33.2 Å². The van der Waals surface area contributed by atoms with Crippen molar-refractivity contribution in [3.63, 3.8) is 0 Å². The third-order valence-corrected chi connectivity index (χ3v) is 3.90. The molecule has 0 aliphatic carbocycles. The normalized spacial score (nSPS) is 12.8. The van der Waals surface area contributed by atoms with Crippen LogP contribution in [0.3, 0.4) is 0 Å². The summed E-state index contributed by atoms with van der Waals surface area (Å²) in [7, 11) is 0. The summed E-state index contributed by atoms with van der Waals surface area (Å²) in [5.74, 6) is 0.827. The van der Waals surface area contributed by atoms with Gasteiger partial charge in [0.25, 0.3) is 0 Å². The van der Waals surface area contributed by atoms with Crippen molar-refractivity contribution in [1.29, 1.82) is 0 Å². The van der Waals surface area contributed by atoms with Crippen molar-refractivity contribution in [2.24, 2.45) is 0 Å². The molecule has 2 N–H and O–H groups in total. The predicted molar refractivity (Wildman–Crippen MR) is 85.6 cm³/mol. The van der Waals surface area contributed by atoms with Crippen molar-refractivity contribution >= 4 is 31.9 Å². The second-order valence-corrected chi connectivity index (χ2v) is 6.43. The molecular formula is C14H21Br2NO2. The second kappa shape index (κ2) is 8.25. The van der Waals surface area contributed by atoms with Crippen molar-refractivity contribution in [3.8, 4) is 5.75 Å². The Morgan fingerprint density at radius 1 is 1.26 bits per heavy atom. The first-order chi connectivity index (χ1) is 8.97.